The molecule has 0 aliphatic heterocycles. The Kier molecular flexibility index (Phi) is 5.10. The van der Waals surface area contributed by atoms with E-state index >= 15 is 0 Å². The standard InChI is InChI=1S/C8H6Cl2N4.C5H5N/c9-6-5(3-11)7(10)14-8(13-6)12-4-1-2-4;1-2-4-6-5-3-1/h4H,1-2H2,(H,12,13,14);1-5H. The fourth-order valence-electron chi connectivity index (χ4n) is 1.29. The summed E-state index contributed by atoms with van der Waals surface area (Å²) in [5.41, 5.74) is 0.120. The molecule has 1 saturated carbocycles. The molecule has 7 heteroatoms. The van der Waals surface area contributed by atoms with E-state index < -0.39 is 0 Å². The molecule has 2 aromatic heterocycles. The van der Waals surface area contributed by atoms with Crippen molar-refractivity contribution in [3.63, 3.8) is 0 Å². The Morgan fingerprint density at radius 2 is 1.70 bits per heavy atom. The summed E-state index contributed by atoms with van der Waals surface area (Å²) >= 11 is 11.5. The number of rotatable bonds is 2. The molecule has 1 aliphatic carbocycles. The minimum Gasteiger partial charge on any atom is -0.351 e. The highest BCUT2D eigenvalue weighted by Gasteiger charge is 2.22. The third-order valence-electron chi connectivity index (χ3n) is 2.41. The van der Waals surface area contributed by atoms with Crippen LogP contribution in [0.5, 0.6) is 0 Å². The SMILES string of the molecule is N#Cc1c(Cl)nc(NC2CC2)nc1Cl.c1ccncc1. The van der Waals surface area contributed by atoms with Crippen molar-refractivity contribution in [2.75, 3.05) is 5.32 Å². The maximum absolute atomic E-state index is 8.67. The highest BCUT2D eigenvalue weighted by Crippen LogP contribution is 2.26. The number of nitrogens with one attached hydrogen (secondary N) is 1. The summed E-state index contributed by atoms with van der Waals surface area (Å²) in [5.74, 6) is 0.390. The minimum absolute atomic E-state index is 0.0932. The van der Waals surface area contributed by atoms with Gasteiger partial charge >= 0.3 is 0 Å². The molecular weight excluding hydrogens is 297 g/mol. The summed E-state index contributed by atoms with van der Waals surface area (Å²) in [4.78, 5) is 11.6. The highest BCUT2D eigenvalue weighted by atomic mass is 35.5. The monoisotopic (exact) mass is 307 g/mol. The molecule has 1 N–H and O–H groups in total. The maximum atomic E-state index is 8.67. The average Bonchev–Trinajstić information content (AvgIpc) is 3.25. The highest BCUT2D eigenvalue weighted by molar-refractivity contribution is 6.35. The Morgan fingerprint density at radius 3 is 2.05 bits per heavy atom. The summed E-state index contributed by atoms with van der Waals surface area (Å²) in [7, 11) is 0. The van der Waals surface area contributed by atoms with Crippen LogP contribution in [0.15, 0.2) is 30.6 Å². The zero-order valence-corrected chi connectivity index (χ0v) is 11.9. The first-order valence-corrected chi connectivity index (χ1v) is 6.71. The molecule has 0 spiro atoms. The fourth-order valence-corrected chi connectivity index (χ4v) is 1.76. The van der Waals surface area contributed by atoms with E-state index in [0.29, 0.717) is 12.0 Å². The van der Waals surface area contributed by atoms with E-state index in [2.05, 4.69) is 20.3 Å². The van der Waals surface area contributed by atoms with Crippen molar-refractivity contribution in [3.05, 3.63) is 46.5 Å². The Bertz CT molecular complexity index is 558. The molecule has 0 atom stereocenters. The predicted molar refractivity (Wildman–Crippen MR) is 77.6 cm³/mol. The van der Waals surface area contributed by atoms with Crippen LogP contribution in [0.25, 0.3) is 0 Å². The Morgan fingerprint density at radius 1 is 1.10 bits per heavy atom. The maximum Gasteiger partial charge on any atom is 0.225 e. The van der Waals surface area contributed by atoms with Gasteiger partial charge in [-0.05, 0) is 25.0 Å². The smallest absolute Gasteiger partial charge is 0.225 e. The van der Waals surface area contributed by atoms with Crippen LogP contribution < -0.4 is 5.32 Å². The van der Waals surface area contributed by atoms with E-state index in [-0.39, 0.29) is 15.9 Å². The van der Waals surface area contributed by atoms with Crippen molar-refractivity contribution < 1.29 is 0 Å². The fraction of sp³-hybridized carbons (Fsp3) is 0.231. The Balaban J connectivity index is 0.000000205. The van der Waals surface area contributed by atoms with Crippen molar-refractivity contribution in [2.45, 2.75) is 18.9 Å². The molecule has 0 radical (unpaired) electrons. The third kappa shape index (κ3) is 4.34. The molecule has 3 rings (SSSR count). The van der Waals surface area contributed by atoms with Crippen LogP contribution in [-0.4, -0.2) is 21.0 Å². The van der Waals surface area contributed by atoms with Gasteiger partial charge in [0.15, 0.2) is 10.3 Å². The van der Waals surface area contributed by atoms with Crippen molar-refractivity contribution in [1.82, 2.24) is 15.0 Å². The first-order chi connectivity index (χ1) is 9.70. The van der Waals surface area contributed by atoms with Gasteiger partial charge in [-0.3, -0.25) is 4.98 Å². The first kappa shape index (κ1) is 14.5. The van der Waals surface area contributed by atoms with Gasteiger partial charge in [-0.15, -0.1) is 0 Å². The van der Waals surface area contributed by atoms with E-state index in [1.54, 1.807) is 12.4 Å². The van der Waals surface area contributed by atoms with Crippen LogP contribution in [0, 0.1) is 11.3 Å². The van der Waals surface area contributed by atoms with E-state index in [1.165, 1.54) is 0 Å². The third-order valence-corrected chi connectivity index (χ3v) is 2.96. The average molecular weight is 308 g/mol. The van der Waals surface area contributed by atoms with Crippen LogP contribution in [0.3, 0.4) is 0 Å². The van der Waals surface area contributed by atoms with E-state index in [0.717, 1.165) is 12.8 Å². The largest absolute Gasteiger partial charge is 0.351 e. The van der Waals surface area contributed by atoms with Crippen LogP contribution in [0.2, 0.25) is 10.3 Å². The number of hydrogen-bond donors (Lipinski definition) is 1. The zero-order chi connectivity index (χ0) is 14.4. The molecule has 5 nitrogen and oxygen atoms in total. The molecule has 1 aliphatic rings. The Labute approximate surface area is 126 Å². The van der Waals surface area contributed by atoms with Gasteiger partial charge in [0.05, 0.1) is 0 Å². The first-order valence-electron chi connectivity index (χ1n) is 5.95. The molecule has 20 heavy (non-hydrogen) atoms. The molecule has 0 bridgehead atoms. The number of halogens is 2. The van der Waals surface area contributed by atoms with Crippen LogP contribution in [0.1, 0.15) is 18.4 Å². The molecule has 2 heterocycles. The van der Waals surface area contributed by atoms with Gasteiger partial charge in [-0.1, -0.05) is 29.3 Å². The summed E-state index contributed by atoms with van der Waals surface area (Å²) < 4.78 is 0. The second kappa shape index (κ2) is 7.04. The number of nitrogens with zero attached hydrogens (tertiary/aromatic N) is 4. The van der Waals surface area contributed by atoms with E-state index in [1.807, 2.05) is 24.3 Å². The summed E-state index contributed by atoms with van der Waals surface area (Å²) in [6.07, 6.45) is 5.72. The van der Waals surface area contributed by atoms with E-state index in [4.69, 9.17) is 28.5 Å². The molecular formula is C13H11Cl2N5. The lowest BCUT2D eigenvalue weighted by Gasteiger charge is -2.04. The lowest BCUT2D eigenvalue weighted by molar-refractivity contribution is 1.05. The van der Waals surface area contributed by atoms with Crippen molar-refractivity contribution in [2.24, 2.45) is 0 Å². The summed E-state index contributed by atoms with van der Waals surface area (Å²) in [6, 6.07) is 7.98. The van der Waals surface area contributed by atoms with Gasteiger partial charge in [0.2, 0.25) is 5.95 Å². The number of anilines is 1. The van der Waals surface area contributed by atoms with Crippen LogP contribution in [-0.2, 0) is 0 Å². The zero-order valence-electron chi connectivity index (χ0n) is 10.4. The molecule has 0 aromatic carbocycles. The van der Waals surface area contributed by atoms with Crippen molar-refractivity contribution in [1.29, 1.82) is 5.26 Å². The number of nitriles is 1. The van der Waals surface area contributed by atoms with Gasteiger partial charge in [0.25, 0.3) is 0 Å². The predicted octanol–water partition coefficient (Wildman–Crippen LogP) is 3.31. The van der Waals surface area contributed by atoms with Gasteiger partial charge in [-0.25, -0.2) is 0 Å². The van der Waals surface area contributed by atoms with Crippen molar-refractivity contribution >= 4 is 29.2 Å². The van der Waals surface area contributed by atoms with Crippen LogP contribution >= 0.6 is 23.2 Å². The molecule has 0 amide bonds. The minimum atomic E-state index is 0.0932. The lowest BCUT2D eigenvalue weighted by atomic mass is 10.4. The second-order valence-electron chi connectivity index (χ2n) is 4.06. The number of pyridine rings is 1. The number of hydrogen-bond acceptors (Lipinski definition) is 5. The molecule has 2 aromatic rings. The summed E-state index contributed by atoms with van der Waals surface area (Å²) in [5, 5.41) is 11.9. The number of aromatic nitrogens is 3. The second-order valence-corrected chi connectivity index (χ2v) is 4.77. The van der Waals surface area contributed by atoms with Gasteiger partial charge in [-0.2, -0.15) is 15.2 Å². The quantitative estimate of drug-likeness (QED) is 0.861. The normalized spacial score (nSPS) is 12.8. The van der Waals surface area contributed by atoms with Gasteiger partial charge in [0, 0.05) is 18.4 Å². The van der Waals surface area contributed by atoms with Crippen molar-refractivity contribution in [3.8, 4) is 6.07 Å². The Hall–Kier alpha value is -1.90. The van der Waals surface area contributed by atoms with Crippen LogP contribution in [0.4, 0.5) is 5.95 Å². The topological polar surface area (TPSA) is 74.5 Å². The molecule has 1 fully saturated rings. The lowest BCUT2D eigenvalue weighted by Crippen LogP contribution is -2.06. The van der Waals surface area contributed by atoms with Gasteiger partial charge in [0.1, 0.15) is 11.6 Å². The van der Waals surface area contributed by atoms with Gasteiger partial charge < -0.3 is 5.32 Å². The van der Waals surface area contributed by atoms with E-state index in [9.17, 15) is 0 Å². The molecule has 0 unspecified atom stereocenters. The summed E-state index contributed by atoms with van der Waals surface area (Å²) in [6.45, 7) is 0. The molecule has 0 saturated heterocycles. The molecule has 102 valence electrons.